The summed E-state index contributed by atoms with van der Waals surface area (Å²) in [6.07, 6.45) is 2.06. The van der Waals surface area contributed by atoms with E-state index in [1.54, 1.807) is 14.2 Å². The fourth-order valence-corrected chi connectivity index (χ4v) is 11.9. The fourth-order valence-electron chi connectivity index (χ4n) is 5.65. The van der Waals surface area contributed by atoms with Crippen LogP contribution in [0.15, 0.2) is 78.9 Å². The van der Waals surface area contributed by atoms with E-state index in [0.717, 1.165) is 23.8 Å². The zero-order chi connectivity index (χ0) is 22.1. The van der Waals surface area contributed by atoms with E-state index >= 15 is 0 Å². The average molecular weight is 437 g/mol. The van der Waals surface area contributed by atoms with Crippen LogP contribution in [0.25, 0.3) is 0 Å². The molecule has 1 aliphatic heterocycles. The number of hydrogen-bond donors (Lipinski definition) is 0. The summed E-state index contributed by atoms with van der Waals surface area (Å²) in [4.78, 5) is 0. The number of benzene rings is 3. The minimum absolute atomic E-state index is 0.331. The molecule has 0 amide bonds. The summed E-state index contributed by atoms with van der Waals surface area (Å²) in [5.41, 5.74) is 2.17. The third-order valence-corrected chi connectivity index (χ3v) is 14.9. The second-order valence-electron chi connectivity index (χ2n) is 8.42. The Kier molecular flexibility index (Phi) is 5.62. The molecule has 0 saturated carbocycles. The van der Waals surface area contributed by atoms with E-state index < -0.39 is 12.4 Å². The van der Waals surface area contributed by atoms with Gasteiger partial charge in [0.2, 0.25) is 0 Å². The molecule has 1 aliphatic rings. The first-order valence-corrected chi connectivity index (χ1v) is 13.7. The van der Waals surface area contributed by atoms with Crippen molar-refractivity contribution in [1.29, 1.82) is 0 Å². The molecule has 3 aromatic rings. The maximum atomic E-state index is 7.47. The Balaban J connectivity index is 1.92. The van der Waals surface area contributed by atoms with E-state index in [2.05, 4.69) is 75.4 Å². The van der Waals surface area contributed by atoms with Gasteiger partial charge in [-0.1, -0.05) is 0 Å². The van der Waals surface area contributed by atoms with Gasteiger partial charge in [0.05, 0.1) is 0 Å². The van der Waals surface area contributed by atoms with Crippen LogP contribution in [0, 0.1) is 0 Å². The van der Waals surface area contributed by atoms with E-state index in [-0.39, 0.29) is 0 Å². The van der Waals surface area contributed by atoms with Gasteiger partial charge in [0.15, 0.2) is 0 Å². The molecule has 1 atom stereocenters. The van der Waals surface area contributed by atoms with Crippen molar-refractivity contribution in [3.8, 4) is 11.5 Å². The van der Waals surface area contributed by atoms with Gasteiger partial charge in [-0.25, -0.2) is 0 Å². The molecule has 1 fully saturated rings. The molecule has 0 spiro atoms. The van der Waals surface area contributed by atoms with Crippen LogP contribution >= 0.6 is 6.83 Å². The third-order valence-electron chi connectivity index (χ3n) is 7.66. The molecule has 1 saturated heterocycles. The van der Waals surface area contributed by atoms with Crippen molar-refractivity contribution in [2.75, 3.05) is 26.5 Å². The Morgan fingerprint density at radius 2 is 1.19 bits per heavy atom. The Hall–Kier alpha value is -2.35. The molecule has 0 radical (unpaired) electrons. The van der Waals surface area contributed by atoms with Crippen LogP contribution in [0.5, 0.6) is 11.5 Å². The molecule has 0 bridgehead atoms. The average Bonchev–Trinajstić information content (AvgIpc) is 2.85. The van der Waals surface area contributed by atoms with Crippen molar-refractivity contribution >= 4 is 12.1 Å². The molecule has 0 unspecified atom stereocenters. The fraction of sp³-hybridized carbons (Fsp3) is 0.333. The Morgan fingerprint density at radius 1 is 0.742 bits per heavy atom. The number of methoxy groups -OCH3 is 2. The van der Waals surface area contributed by atoms with Crippen molar-refractivity contribution < 1.29 is 14.0 Å². The number of rotatable bonds is 7. The summed E-state index contributed by atoms with van der Waals surface area (Å²) in [6, 6.07) is 27.7. The number of hydrogen-bond acceptors (Lipinski definition) is 3. The van der Waals surface area contributed by atoms with Gasteiger partial charge in [0.1, 0.15) is 0 Å². The van der Waals surface area contributed by atoms with Crippen LogP contribution in [0.1, 0.15) is 31.9 Å². The van der Waals surface area contributed by atoms with Gasteiger partial charge >= 0.3 is 186 Å². The summed E-state index contributed by atoms with van der Waals surface area (Å²) in [5, 5.41) is 1.38. The van der Waals surface area contributed by atoms with Gasteiger partial charge in [0, 0.05) is 0 Å². The molecular formula is C27H33O3P. The van der Waals surface area contributed by atoms with Crippen LogP contribution in [-0.2, 0) is 10.1 Å². The normalized spacial score (nSPS) is 21.8. The molecule has 3 nitrogen and oxygen atoms in total. The molecule has 4 rings (SSSR count). The van der Waals surface area contributed by atoms with Gasteiger partial charge in [-0.3, -0.25) is 0 Å². The molecule has 0 aromatic heterocycles. The van der Waals surface area contributed by atoms with Gasteiger partial charge in [-0.05, 0) is 0 Å². The van der Waals surface area contributed by atoms with Crippen molar-refractivity contribution in [2.45, 2.75) is 32.0 Å². The first-order valence-electron chi connectivity index (χ1n) is 11.1. The van der Waals surface area contributed by atoms with Crippen molar-refractivity contribution in [2.24, 2.45) is 0 Å². The molecular weight excluding hydrogens is 403 g/mol. The molecule has 31 heavy (non-hydrogen) atoms. The zero-order valence-electron chi connectivity index (χ0n) is 19.2. The topological polar surface area (TPSA) is 27.7 Å². The monoisotopic (exact) mass is 436 g/mol. The summed E-state index contributed by atoms with van der Waals surface area (Å²) in [6.45, 7) is 4.37. The van der Waals surface area contributed by atoms with Crippen LogP contribution in [0.3, 0.4) is 0 Å². The Bertz CT molecular complexity index is 977. The predicted octanol–water partition coefficient (Wildman–Crippen LogP) is 6.20. The van der Waals surface area contributed by atoms with E-state index in [0.29, 0.717) is 5.66 Å². The summed E-state index contributed by atoms with van der Waals surface area (Å²) < 4.78 is 18.3. The van der Waals surface area contributed by atoms with Crippen LogP contribution < -0.4 is 14.8 Å². The number of ether oxygens (including phenoxy) is 2. The zero-order valence-corrected chi connectivity index (χ0v) is 20.1. The standard InChI is InChI=1S/C27H33O3P/c1-6-31(7-2,26-11-9-8-10-12-26)21(3)27(30-31,22-13-17-24(28-4)18-14-22)23-15-19-25(29-5)20-16-23/h8-21H,6-7H2,1-5H3/t21-/m0/s1. The molecule has 164 valence electrons. The molecule has 1 heterocycles. The minimum atomic E-state index is -2.63. The van der Waals surface area contributed by atoms with E-state index in [1.807, 2.05) is 24.3 Å². The molecule has 0 aliphatic carbocycles. The second kappa shape index (κ2) is 7.97. The second-order valence-corrected chi connectivity index (χ2v) is 14.1. The van der Waals surface area contributed by atoms with E-state index in [9.17, 15) is 0 Å². The first-order chi connectivity index (χ1) is 15.0. The van der Waals surface area contributed by atoms with Crippen molar-refractivity contribution in [3.63, 3.8) is 0 Å². The van der Waals surface area contributed by atoms with Crippen LogP contribution in [-0.4, -0.2) is 32.2 Å². The molecule has 3 aromatic carbocycles. The van der Waals surface area contributed by atoms with Crippen LogP contribution in [0.2, 0.25) is 0 Å². The van der Waals surface area contributed by atoms with Gasteiger partial charge in [-0.15, -0.1) is 0 Å². The van der Waals surface area contributed by atoms with Gasteiger partial charge < -0.3 is 0 Å². The van der Waals surface area contributed by atoms with Crippen molar-refractivity contribution in [1.82, 2.24) is 0 Å². The quantitative estimate of drug-likeness (QED) is 0.413. The molecule has 0 N–H and O–H groups in total. The van der Waals surface area contributed by atoms with E-state index in [4.69, 9.17) is 14.0 Å². The van der Waals surface area contributed by atoms with Gasteiger partial charge in [-0.2, -0.15) is 0 Å². The van der Waals surface area contributed by atoms with E-state index in [1.165, 1.54) is 16.4 Å². The SMILES string of the molecule is CCP1(CC)(c2ccccc2)OC(c2ccc(OC)cc2)(c2ccc(OC)cc2)[C@@H]1C. The Labute approximate surface area is 186 Å². The third kappa shape index (κ3) is 2.94. The van der Waals surface area contributed by atoms with Crippen molar-refractivity contribution in [3.05, 3.63) is 90.0 Å². The van der Waals surface area contributed by atoms with Crippen LogP contribution in [0.4, 0.5) is 0 Å². The van der Waals surface area contributed by atoms with Gasteiger partial charge in [0.25, 0.3) is 0 Å². The summed E-state index contributed by atoms with van der Waals surface area (Å²) in [7, 11) is 3.40. The Morgan fingerprint density at radius 3 is 1.55 bits per heavy atom. The maximum absolute atomic E-state index is 7.47. The first kappa shape index (κ1) is 21.9. The summed E-state index contributed by atoms with van der Waals surface area (Å²) in [5.74, 6) is 1.71. The predicted molar refractivity (Wildman–Crippen MR) is 131 cm³/mol. The summed E-state index contributed by atoms with van der Waals surface area (Å²) >= 11 is 0. The molecule has 4 heteroatoms.